The Balaban J connectivity index is 1.61. The molecule has 1 heterocycles. The highest BCUT2D eigenvalue weighted by Gasteiger charge is 2.33. The Morgan fingerprint density at radius 3 is 2.74 bits per heavy atom. The van der Waals surface area contributed by atoms with Crippen molar-refractivity contribution < 1.29 is 4.74 Å². The van der Waals surface area contributed by atoms with Crippen molar-refractivity contribution in [2.24, 2.45) is 5.92 Å². The van der Waals surface area contributed by atoms with E-state index in [4.69, 9.17) is 4.74 Å². The summed E-state index contributed by atoms with van der Waals surface area (Å²) >= 11 is 0. The average Bonchev–Trinajstić information content (AvgIpc) is 3.30. The minimum Gasteiger partial charge on any atom is -0.494 e. The molecule has 3 nitrogen and oxygen atoms in total. The maximum absolute atomic E-state index is 5.64. The van der Waals surface area contributed by atoms with Gasteiger partial charge in [-0.25, -0.2) is 0 Å². The van der Waals surface area contributed by atoms with Gasteiger partial charge in [-0.3, -0.25) is 0 Å². The van der Waals surface area contributed by atoms with Crippen LogP contribution in [0.5, 0.6) is 5.75 Å². The number of nitrogens with one attached hydrogen (secondary N) is 1. The van der Waals surface area contributed by atoms with E-state index in [1.165, 1.54) is 18.5 Å². The Bertz CT molecular complexity index is 400. The van der Waals surface area contributed by atoms with Gasteiger partial charge in [0.15, 0.2) is 0 Å². The van der Waals surface area contributed by atoms with Gasteiger partial charge in [-0.05, 0) is 49.4 Å². The van der Waals surface area contributed by atoms with Crippen molar-refractivity contribution in [1.29, 1.82) is 0 Å². The number of ether oxygens (including phenoxy) is 1. The molecule has 1 atom stereocenters. The number of benzene rings is 1. The molecular formula is C16H24N2O. The zero-order chi connectivity index (χ0) is 13.1. The second-order valence-electron chi connectivity index (χ2n) is 5.69. The lowest BCUT2D eigenvalue weighted by Gasteiger charge is -2.35. The van der Waals surface area contributed by atoms with Crippen LogP contribution in [0, 0.1) is 5.92 Å². The molecule has 1 aliphatic carbocycles. The highest BCUT2D eigenvalue weighted by molar-refractivity contribution is 5.49. The van der Waals surface area contributed by atoms with Gasteiger partial charge in [-0.15, -0.1) is 0 Å². The molecule has 2 fully saturated rings. The van der Waals surface area contributed by atoms with Crippen LogP contribution in [-0.2, 0) is 0 Å². The normalized spacial score (nSPS) is 23.4. The SMILES string of the molecule is CCCOc1ccc(N2CCNC(C3CC3)C2)cc1. The summed E-state index contributed by atoms with van der Waals surface area (Å²) in [6.07, 6.45) is 3.88. The van der Waals surface area contributed by atoms with Crippen LogP contribution in [0.1, 0.15) is 26.2 Å². The third kappa shape index (κ3) is 3.21. The Morgan fingerprint density at radius 1 is 1.26 bits per heavy atom. The summed E-state index contributed by atoms with van der Waals surface area (Å²) in [5.41, 5.74) is 1.33. The van der Waals surface area contributed by atoms with E-state index < -0.39 is 0 Å². The van der Waals surface area contributed by atoms with Crippen LogP contribution < -0.4 is 15.0 Å². The van der Waals surface area contributed by atoms with Crippen molar-refractivity contribution in [1.82, 2.24) is 5.32 Å². The van der Waals surface area contributed by atoms with Crippen molar-refractivity contribution in [3.05, 3.63) is 24.3 Å². The van der Waals surface area contributed by atoms with Crippen LogP contribution in [0.2, 0.25) is 0 Å². The summed E-state index contributed by atoms with van der Waals surface area (Å²) in [5, 5.41) is 3.65. The summed E-state index contributed by atoms with van der Waals surface area (Å²) in [5.74, 6) is 1.91. The van der Waals surface area contributed by atoms with Gasteiger partial charge in [0.05, 0.1) is 6.61 Å². The molecule has 1 aromatic rings. The van der Waals surface area contributed by atoms with Crippen LogP contribution in [0.4, 0.5) is 5.69 Å². The largest absolute Gasteiger partial charge is 0.494 e. The lowest BCUT2D eigenvalue weighted by atomic mass is 10.1. The van der Waals surface area contributed by atoms with Gasteiger partial charge in [-0.2, -0.15) is 0 Å². The van der Waals surface area contributed by atoms with Crippen molar-refractivity contribution in [2.45, 2.75) is 32.2 Å². The van der Waals surface area contributed by atoms with E-state index >= 15 is 0 Å². The molecule has 19 heavy (non-hydrogen) atoms. The molecule has 0 bridgehead atoms. The van der Waals surface area contributed by atoms with Crippen molar-refractivity contribution >= 4 is 5.69 Å². The van der Waals surface area contributed by atoms with Crippen LogP contribution in [0.3, 0.4) is 0 Å². The standard InChI is InChI=1S/C16H24N2O/c1-2-11-19-15-7-5-14(6-8-15)18-10-9-17-16(12-18)13-3-4-13/h5-8,13,16-17H,2-4,9-12H2,1H3. The van der Waals surface area contributed by atoms with Gasteiger partial charge < -0.3 is 15.0 Å². The fourth-order valence-electron chi connectivity index (χ4n) is 2.80. The zero-order valence-electron chi connectivity index (χ0n) is 11.8. The minimum atomic E-state index is 0.699. The first-order valence-electron chi connectivity index (χ1n) is 7.58. The number of nitrogens with zero attached hydrogens (tertiary/aromatic N) is 1. The molecular weight excluding hydrogens is 236 g/mol. The number of hydrogen-bond acceptors (Lipinski definition) is 3. The van der Waals surface area contributed by atoms with E-state index in [1.54, 1.807) is 0 Å². The maximum atomic E-state index is 5.64. The second-order valence-corrected chi connectivity index (χ2v) is 5.69. The average molecular weight is 260 g/mol. The van der Waals surface area contributed by atoms with Crippen LogP contribution >= 0.6 is 0 Å². The fourth-order valence-corrected chi connectivity index (χ4v) is 2.80. The number of rotatable bonds is 5. The fraction of sp³-hybridized carbons (Fsp3) is 0.625. The van der Waals surface area contributed by atoms with Gasteiger partial charge in [-0.1, -0.05) is 6.92 Å². The molecule has 3 rings (SSSR count). The Labute approximate surface area is 115 Å². The Kier molecular flexibility index (Phi) is 3.92. The first-order valence-corrected chi connectivity index (χ1v) is 7.58. The quantitative estimate of drug-likeness (QED) is 0.881. The third-order valence-electron chi connectivity index (χ3n) is 4.07. The van der Waals surface area contributed by atoms with Crippen LogP contribution in [-0.4, -0.2) is 32.3 Å². The topological polar surface area (TPSA) is 24.5 Å². The molecule has 1 saturated heterocycles. The van der Waals surface area contributed by atoms with Crippen molar-refractivity contribution in [2.75, 3.05) is 31.1 Å². The maximum Gasteiger partial charge on any atom is 0.119 e. The molecule has 1 aromatic carbocycles. The van der Waals surface area contributed by atoms with E-state index in [1.807, 2.05) is 0 Å². The second kappa shape index (κ2) is 5.83. The zero-order valence-corrected chi connectivity index (χ0v) is 11.8. The Hall–Kier alpha value is -1.22. The van der Waals surface area contributed by atoms with E-state index in [0.29, 0.717) is 6.04 Å². The van der Waals surface area contributed by atoms with Gasteiger partial charge in [0, 0.05) is 31.4 Å². The highest BCUT2D eigenvalue weighted by atomic mass is 16.5. The predicted octanol–water partition coefficient (Wildman–Crippen LogP) is 2.66. The molecule has 0 spiro atoms. The van der Waals surface area contributed by atoms with Crippen LogP contribution in [0.15, 0.2) is 24.3 Å². The molecule has 104 valence electrons. The number of anilines is 1. The molecule has 1 aliphatic heterocycles. The van der Waals surface area contributed by atoms with Gasteiger partial charge in [0.2, 0.25) is 0 Å². The summed E-state index contributed by atoms with van der Waals surface area (Å²) in [4.78, 5) is 2.50. The minimum absolute atomic E-state index is 0.699. The van der Waals surface area contributed by atoms with Gasteiger partial charge >= 0.3 is 0 Å². The molecule has 0 radical (unpaired) electrons. The highest BCUT2D eigenvalue weighted by Crippen LogP contribution is 2.34. The monoisotopic (exact) mass is 260 g/mol. The molecule has 0 aromatic heterocycles. The van der Waals surface area contributed by atoms with Crippen molar-refractivity contribution in [3.8, 4) is 5.75 Å². The van der Waals surface area contributed by atoms with Crippen molar-refractivity contribution in [3.63, 3.8) is 0 Å². The first-order chi connectivity index (χ1) is 9.36. The van der Waals surface area contributed by atoms with Gasteiger partial charge in [0.1, 0.15) is 5.75 Å². The number of piperazine rings is 1. The Morgan fingerprint density at radius 2 is 2.05 bits per heavy atom. The molecule has 3 heteroatoms. The molecule has 1 saturated carbocycles. The number of hydrogen-bond donors (Lipinski definition) is 1. The molecule has 1 N–H and O–H groups in total. The van der Waals surface area contributed by atoms with E-state index in [9.17, 15) is 0 Å². The van der Waals surface area contributed by atoms with E-state index in [2.05, 4.69) is 41.4 Å². The summed E-state index contributed by atoms with van der Waals surface area (Å²) in [7, 11) is 0. The lowest BCUT2D eigenvalue weighted by molar-refractivity contribution is 0.317. The lowest BCUT2D eigenvalue weighted by Crippen LogP contribution is -2.51. The van der Waals surface area contributed by atoms with Crippen LogP contribution in [0.25, 0.3) is 0 Å². The van der Waals surface area contributed by atoms with E-state index in [-0.39, 0.29) is 0 Å². The first kappa shape index (κ1) is 12.8. The molecule has 0 amide bonds. The van der Waals surface area contributed by atoms with E-state index in [0.717, 1.165) is 44.3 Å². The summed E-state index contributed by atoms with van der Waals surface area (Å²) in [6.45, 7) is 6.30. The summed E-state index contributed by atoms with van der Waals surface area (Å²) in [6, 6.07) is 9.28. The summed E-state index contributed by atoms with van der Waals surface area (Å²) < 4.78 is 5.64. The molecule has 1 unspecified atom stereocenters. The van der Waals surface area contributed by atoms with Gasteiger partial charge in [0.25, 0.3) is 0 Å². The molecule has 2 aliphatic rings. The smallest absolute Gasteiger partial charge is 0.119 e. The third-order valence-corrected chi connectivity index (χ3v) is 4.07. The predicted molar refractivity (Wildman–Crippen MR) is 79.0 cm³/mol.